The number of anilines is 4. The zero-order valence-electron chi connectivity index (χ0n) is 54.6. The second kappa shape index (κ2) is 30.4. The first-order valence-electron chi connectivity index (χ1n) is 30.7. The molecule has 92 heavy (non-hydrogen) atoms. The van der Waals surface area contributed by atoms with Gasteiger partial charge in [-0.2, -0.15) is 10.2 Å². The van der Waals surface area contributed by atoms with Gasteiger partial charge < -0.3 is 40.6 Å². The molecule has 2 aliphatic rings. The SMILES string of the molecule is CC(C)(C)c1ncc(C(=O)O)s1.COC(=O)C1CCC(n2cc(Nc3nccc(-c4ccc(CNC(=O)OC(C)(C)C)c(C)c4)n3)cn2)CC1.COC(=O)C1CCC(n2cc(Nc3nccc(-c4ccc(CNC(=O)c5cnc(C(C)(C)C)s5)c(C)c4)n3)cn2)CC1. The molecule has 6 heterocycles. The van der Waals surface area contributed by atoms with Crippen molar-refractivity contribution in [3.63, 3.8) is 0 Å². The summed E-state index contributed by atoms with van der Waals surface area (Å²) in [5, 5.41) is 31.8. The van der Waals surface area contributed by atoms with Crippen LogP contribution in [0, 0.1) is 25.7 Å². The molecule has 2 aromatic carbocycles. The summed E-state index contributed by atoms with van der Waals surface area (Å²) in [6.07, 6.45) is 20.3. The van der Waals surface area contributed by atoms with Crippen LogP contribution in [0.4, 0.5) is 28.1 Å². The van der Waals surface area contributed by atoms with Gasteiger partial charge in [-0.15, -0.1) is 22.7 Å². The van der Waals surface area contributed by atoms with Crippen LogP contribution in [0.2, 0.25) is 0 Å². The predicted octanol–water partition coefficient (Wildman–Crippen LogP) is 13.4. The molecule has 5 N–H and O–H groups in total. The zero-order chi connectivity index (χ0) is 66.5. The lowest BCUT2D eigenvalue weighted by Crippen LogP contribution is -2.32. The van der Waals surface area contributed by atoms with E-state index in [1.165, 1.54) is 43.1 Å². The monoisotopic (exact) mass is 1290 g/mol. The van der Waals surface area contributed by atoms with Gasteiger partial charge in [-0.3, -0.25) is 23.7 Å². The van der Waals surface area contributed by atoms with Crippen LogP contribution in [0.5, 0.6) is 0 Å². The highest BCUT2D eigenvalue weighted by Gasteiger charge is 2.30. The summed E-state index contributed by atoms with van der Waals surface area (Å²) in [5.74, 6) is -0.327. The Balaban J connectivity index is 0.000000201. The van der Waals surface area contributed by atoms with Gasteiger partial charge in [0.15, 0.2) is 0 Å². The summed E-state index contributed by atoms with van der Waals surface area (Å²) in [5.41, 5.74) is 8.55. The zero-order valence-corrected chi connectivity index (χ0v) is 56.3. The molecule has 488 valence electrons. The number of benzene rings is 2. The van der Waals surface area contributed by atoms with Gasteiger partial charge in [0.25, 0.3) is 5.91 Å². The number of nitrogens with one attached hydrogen (secondary N) is 4. The standard InChI is InChI=1S/C31H37N7O3S.C28H36N6O4.C8H11NO2S/c1-19-14-21(6-7-22(19)15-33-27(39)26-17-34-29(42-26)31(2,3)4)25-12-13-32-30(37-25)36-23-16-35-38(18-23)24-10-8-20(9-11-24)28(40)41-5;1-18-14-20(6-7-21(18)15-30-27(36)38-28(2,3)4)24-12-13-29-26(33-24)32-22-16-31-34(17-22)23-10-8-19(9-11-23)25(35)37-5;1-8(2,3)7-9-4-5(12-7)6(10)11/h6-7,12-14,16-18,20,24H,8-11,15H2,1-5H3,(H,33,39)(H,32,36,37);6-7,12-14,16-17,19,23H,8-11,15H2,1-5H3,(H,30,36)(H,29,32,33);4H,1-3H3,(H,10,11). The number of carbonyl (C=O) groups is 5. The van der Waals surface area contributed by atoms with Crippen molar-refractivity contribution >= 4 is 75.9 Å². The van der Waals surface area contributed by atoms with E-state index in [0.717, 1.165) is 118 Å². The van der Waals surface area contributed by atoms with Gasteiger partial charge in [0.1, 0.15) is 15.4 Å². The number of rotatable bonds is 16. The van der Waals surface area contributed by atoms with Crippen LogP contribution in [0.25, 0.3) is 22.5 Å². The number of hydrogen-bond acceptors (Lipinski definition) is 20. The molecule has 25 heteroatoms. The van der Waals surface area contributed by atoms with Gasteiger partial charge >= 0.3 is 24.0 Å². The van der Waals surface area contributed by atoms with E-state index >= 15 is 0 Å². The van der Waals surface area contributed by atoms with Crippen LogP contribution >= 0.6 is 22.7 Å². The van der Waals surface area contributed by atoms with Gasteiger partial charge in [-0.1, -0.05) is 65.8 Å². The first-order valence-corrected chi connectivity index (χ1v) is 32.3. The summed E-state index contributed by atoms with van der Waals surface area (Å²) in [4.78, 5) is 86.4. The third kappa shape index (κ3) is 19.3. The lowest BCUT2D eigenvalue weighted by Gasteiger charge is -2.26. The Hall–Kier alpha value is -8.97. The Bertz CT molecular complexity index is 3840. The summed E-state index contributed by atoms with van der Waals surface area (Å²) < 4.78 is 19.0. The normalized spacial score (nSPS) is 16.5. The van der Waals surface area contributed by atoms with Crippen molar-refractivity contribution in [2.24, 2.45) is 11.8 Å². The van der Waals surface area contributed by atoms with Crippen molar-refractivity contribution in [3.05, 3.63) is 140 Å². The summed E-state index contributed by atoms with van der Waals surface area (Å²) in [6.45, 7) is 22.7. The van der Waals surface area contributed by atoms with Crippen molar-refractivity contribution in [3.8, 4) is 22.5 Å². The second-order valence-corrected chi connectivity index (χ2v) is 28.0. The fourth-order valence-electron chi connectivity index (χ4n) is 10.4. The lowest BCUT2D eigenvalue weighted by molar-refractivity contribution is -0.147. The van der Waals surface area contributed by atoms with E-state index in [4.69, 9.17) is 24.3 Å². The number of nitrogens with zero attached hydrogens (tertiary/aromatic N) is 10. The van der Waals surface area contributed by atoms with Gasteiger partial charge in [0.2, 0.25) is 11.9 Å². The number of amides is 2. The molecule has 2 aliphatic carbocycles. The minimum atomic E-state index is -0.900. The second-order valence-electron chi connectivity index (χ2n) is 25.9. The molecule has 8 aromatic rings. The lowest BCUT2D eigenvalue weighted by atomic mass is 9.86. The molecule has 0 bridgehead atoms. The molecule has 23 nitrogen and oxygen atoms in total. The van der Waals surface area contributed by atoms with E-state index < -0.39 is 17.7 Å². The highest BCUT2D eigenvalue weighted by atomic mass is 32.1. The van der Waals surface area contributed by atoms with E-state index in [0.29, 0.717) is 34.7 Å². The van der Waals surface area contributed by atoms with Crippen LogP contribution in [0.1, 0.15) is 177 Å². The summed E-state index contributed by atoms with van der Waals surface area (Å²) in [7, 11) is 2.89. The van der Waals surface area contributed by atoms with E-state index in [2.05, 4.69) is 83.2 Å². The van der Waals surface area contributed by atoms with Gasteiger partial charge in [-0.05, 0) is 133 Å². The number of thiazole rings is 2. The Kier molecular flexibility index (Phi) is 22.8. The third-order valence-corrected chi connectivity index (χ3v) is 18.3. The quantitative estimate of drug-likeness (QED) is 0.0443. The first-order chi connectivity index (χ1) is 43.6. The smallest absolute Gasteiger partial charge is 0.407 e. The molecule has 0 saturated heterocycles. The van der Waals surface area contributed by atoms with E-state index in [-0.39, 0.29) is 52.6 Å². The van der Waals surface area contributed by atoms with Crippen molar-refractivity contribution < 1.29 is 43.3 Å². The number of carboxylic acid groups (broad SMARTS) is 1. The molecule has 6 aromatic heterocycles. The van der Waals surface area contributed by atoms with Gasteiger partial charge in [0, 0.05) is 59.8 Å². The van der Waals surface area contributed by atoms with Crippen molar-refractivity contribution in [1.82, 2.24) is 60.1 Å². The Labute approximate surface area is 545 Å². The van der Waals surface area contributed by atoms with Crippen molar-refractivity contribution in [1.29, 1.82) is 0 Å². The molecule has 10 rings (SSSR count). The number of ether oxygens (including phenoxy) is 3. The fourth-order valence-corrected chi connectivity index (χ4v) is 12.1. The maximum absolute atomic E-state index is 12.7. The highest BCUT2D eigenvalue weighted by Crippen LogP contribution is 2.36. The molecular formula is C67H84N14O9S2. The van der Waals surface area contributed by atoms with E-state index in [1.807, 2.05) is 120 Å². The first kappa shape index (κ1) is 68.9. The van der Waals surface area contributed by atoms with Crippen LogP contribution < -0.4 is 21.3 Å². The number of esters is 2. The number of hydrogen-bond donors (Lipinski definition) is 5. The number of aromatic nitrogens is 10. The topological polar surface area (TPSA) is 294 Å². The number of aromatic carboxylic acids is 1. The Morgan fingerprint density at radius 1 is 0.565 bits per heavy atom. The largest absolute Gasteiger partial charge is 0.477 e. The average molecular weight is 1290 g/mol. The highest BCUT2D eigenvalue weighted by molar-refractivity contribution is 7.14. The summed E-state index contributed by atoms with van der Waals surface area (Å²) >= 11 is 2.67. The molecular weight excluding hydrogens is 1210 g/mol. The molecule has 2 saturated carbocycles. The van der Waals surface area contributed by atoms with Crippen LogP contribution in [-0.2, 0) is 47.7 Å². The Morgan fingerprint density at radius 2 is 0.989 bits per heavy atom. The minimum Gasteiger partial charge on any atom is -0.477 e. The molecule has 2 amide bonds. The fraction of sp³-hybridized carbons (Fsp3) is 0.448. The number of methoxy groups -OCH3 is 2. The average Bonchev–Trinajstić information content (AvgIpc) is 1.21. The van der Waals surface area contributed by atoms with Crippen LogP contribution in [-0.4, -0.2) is 104 Å². The minimum absolute atomic E-state index is 0.0144. The number of carboxylic acids is 1. The molecule has 0 atom stereocenters. The number of carbonyl (C=O) groups excluding carboxylic acids is 4. The third-order valence-electron chi connectivity index (χ3n) is 15.5. The predicted molar refractivity (Wildman–Crippen MR) is 354 cm³/mol. The van der Waals surface area contributed by atoms with E-state index in [1.54, 1.807) is 31.0 Å². The van der Waals surface area contributed by atoms with Crippen molar-refractivity contribution in [2.75, 3.05) is 24.9 Å². The maximum Gasteiger partial charge on any atom is 0.407 e. The van der Waals surface area contributed by atoms with E-state index in [9.17, 15) is 24.0 Å². The van der Waals surface area contributed by atoms with Crippen molar-refractivity contribution in [2.45, 2.75) is 169 Å². The molecule has 0 unspecified atom stereocenters. The van der Waals surface area contributed by atoms with Crippen LogP contribution in [0.3, 0.4) is 0 Å². The molecule has 0 radical (unpaired) electrons. The molecule has 2 fully saturated rings. The summed E-state index contributed by atoms with van der Waals surface area (Å²) in [6, 6.07) is 16.3. The molecule has 0 spiro atoms. The van der Waals surface area contributed by atoms with Crippen LogP contribution in [0.15, 0.2) is 98.1 Å². The number of aryl methyl sites for hydroxylation is 2. The Morgan fingerprint density at radius 3 is 1.37 bits per heavy atom. The molecule has 0 aliphatic heterocycles. The van der Waals surface area contributed by atoms with Gasteiger partial charge in [-0.25, -0.2) is 39.5 Å². The van der Waals surface area contributed by atoms with Gasteiger partial charge in [0.05, 0.1) is 95.7 Å². The number of alkyl carbamates (subject to hydrolysis) is 1. The maximum atomic E-state index is 12.7.